The second kappa shape index (κ2) is 9.52. The molecular formula is C25H24F4N4O2. The van der Waals surface area contributed by atoms with Crippen LogP contribution in [0.1, 0.15) is 51.7 Å². The van der Waals surface area contributed by atoms with Gasteiger partial charge in [0, 0.05) is 31.7 Å². The first-order valence-corrected chi connectivity index (χ1v) is 11.2. The number of rotatable bonds is 4. The standard InChI is InChI=1S/C25H24F4N4O2/c1-16(2)22-21(15-30-33(22)20-8-6-19(26)7-9-20)24(35)32-12-10-31(11-13-32)23(34)17-4-3-5-18(14-17)25(27,28)29/h3-9,14-16H,10-13H2,1-2H3. The zero-order valence-electron chi connectivity index (χ0n) is 19.2. The second-order valence-electron chi connectivity index (χ2n) is 8.65. The van der Waals surface area contributed by atoms with Gasteiger partial charge in [-0.05, 0) is 48.4 Å². The molecule has 0 spiro atoms. The Morgan fingerprint density at radius 1 is 0.914 bits per heavy atom. The van der Waals surface area contributed by atoms with E-state index in [9.17, 15) is 27.2 Å². The van der Waals surface area contributed by atoms with Crippen molar-refractivity contribution in [3.8, 4) is 5.69 Å². The lowest BCUT2D eigenvalue weighted by molar-refractivity contribution is -0.137. The predicted octanol–water partition coefficient (Wildman–Crippen LogP) is 4.75. The third-order valence-electron chi connectivity index (χ3n) is 5.95. The number of nitrogens with zero attached hydrogens (tertiary/aromatic N) is 4. The Hall–Kier alpha value is -3.69. The van der Waals surface area contributed by atoms with Crippen LogP contribution in [0.3, 0.4) is 0 Å². The molecule has 1 fully saturated rings. The van der Waals surface area contributed by atoms with E-state index in [0.29, 0.717) is 16.9 Å². The summed E-state index contributed by atoms with van der Waals surface area (Å²) in [7, 11) is 0. The molecule has 0 N–H and O–H groups in total. The van der Waals surface area contributed by atoms with Crippen LogP contribution in [0.25, 0.3) is 5.69 Å². The summed E-state index contributed by atoms with van der Waals surface area (Å²) in [6.07, 6.45) is -3.05. The van der Waals surface area contributed by atoms with E-state index >= 15 is 0 Å². The average molecular weight is 488 g/mol. The topological polar surface area (TPSA) is 58.4 Å². The van der Waals surface area contributed by atoms with Crippen LogP contribution in [0, 0.1) is 5.82 Å². The van der Waals surface area contributed by atoms with Crippen molar-refractivity contribution < 1.29 is 27.2 Å². The molecule has 0 unspecified atom stereocenters. The van der Waals surface area contributed by atoms with Crippen molar-refractivity contribution in [3.05, 3.63) is 82.9 Å². The summed E-state index contributed by atoms with van der Waals surface area (Å²) >= 11 is 0. The quantitative estimate of drug-likeness (QED) is 0.498. The molecule has 1 aliphatic heterocycles. The van der Waals surface area contributed by atoms with Gasteiger partial charge < -0.3 is 9.80 Å². The van der Waals surface area contributed by atoms with Gasteiger partial charge in [-0.2, -0.15) is 18.3 Å². The summed E-state index contributed by atoms with van der Waals surface area (Å²) in [6.45, 7) is 4.73. The lowest BCUT2D eigenvalue weighted by Crippen LogP contribution is -2.50. The number of aromatic nitrogens is 2. The minimum absolute atomic E-state index is 0.0396. The van der Waals surface area contributed by atoms with Crippen LogP contribution < -0.4 is 0 Å². The highest BCUT2D eigenvalue weighted by Crippen LogP contribution is 2.30. The summed E-state index contributed by atoms with van der Waals surface area (Å²) in [4.78, 5) is 29.1. The number of hydrogen-bond acceptors (Lipinski definition) is 3. The lowest BCUT2D eigenvalue weighted by atomic mass is 10.0. The van der Waals surface area contributed by atoms with Crippen LogP contribution in [-0.2, 0) is 6.18 Å². The largest absolute Gasteiger partial charge is 0.416 e. The van der Waals surface area contributed by atoms with E-state index < -0.39 is 17.6 Å². The van der Waals surface area contributed by atoms with E-state index in [2.05, 4.69) is 5.10 Å². The van der Waals surface area contributed by atoms with Crippen LogP contribution >= 0.6 is 0 Å². The van der Waals surface area contributed by atoms with E-state index in [1.54, 1.807) is 21.7 Å². The van der Waals surface area contributed by atoms with E-state index in [-0.39, 0.29) is 49.4 Å². The maximum absolute atomic E-state index is 13.3. The third kappa shape index (κ3) is 5.06. The predicted molar refractivity (Wildman–Crippen MR) is 121 cm³/mol. The van der Waals surface area contributed by atoms with E-state index in [0.717, 1.165) is 12.1 Å². The van der Waals surface area contributed by atoms with Crippen LogP contribution in [0.15, 0.2) is 54.7 Å². The number of benzene rings is 2. The second-order valence-corrected chi connectivity index (χ2v) is 8.65. The van der Waals surface area contributed by atoms with Crippen molar-refractivity contribution in [2.24, 2.45) is 0 Å². The van der Waals surface area contributed by atoms with E-state index in [1.807, 2.05) is 13.8 Å². The molecule has 6 nitrogen and oxygen atoms in total. The number of hydrogen-bond donors (Lipinski definition) is 0. The molecule has 4 rings (SSSR count). The Bertz CT molecular complexity index is 1230. The molecule has 2 aromatic carbocycles. The molecule has 1 aromatic heterocycles. The SMILES string of the molecule is CC(C)c1c(C(=O)N2CCN(C(=O)c3cccc(C(F)(F)F)c3)CC2)cnn1-c1ccc(F)cc1. The zero-order valence-corrected chi connectivity index (χ0v) is 19.2. The summed E-state index contributed by atoms with van der Waals surface area (Å²) in [5.74, 6) is -1.17. The minimum atomic E-state index is -4.53. The minimum Gasteiger partial charge on any atom is -0.335 e. The van der Waals surface area contributed by atoms with E-state index in [4.69, 9.17) is 0 Å². The van der Waals surface area contributed by atoms with Gasteiger partial charge in [0.2, 0.25) is 0 Å². The first kappa shape index (κ1) is 24.4. The molecule has 1 aliphatic rings. The molecule has 184 valence electrons. The average Bonchev–Trinajstić information content (AvgIpc) is 3.29. The highest BCUT2D eigenvalue weighted by molar-refractivity contribution is 5.96. The molecule has 0 saturated carbocycles. The van der Waals surface area contributed by atoms with Crippen LogP contribution in [-0.4, -0.2) is 57.6 Å². The highest BCUT2D eigenvalue weighted by atomic mass is 19.4. The first-order valence-electron chi connectivity index (χ1n) is 11.2. The van der Waals surface area contributed by atoms with Crippen LogP contribution in [0.5, 0.6) is 0 Å². The molecule has 0 atom stereocenters. The molecule has 3 aromatic rings. The van der Waals surface area contributed by atoms with Gasteiger partial charge in [-0.15, -0.1) is 0 Å². The summed E-state index contributed by atoms with van der Waals surface area (Å²) in [5, 5.41) is 4.35. The van der Waals surface area contributed by atoms with Gasteiger partial charge in [0.15, 0.2) is 0 Å². The number of carbonyl (C=O) groups is 2. The molecular weight excluding hydrogens is 464 g/mol. The number of halogens is 4. The summed E-state index contributed by atoms with van der Waals surface area (Å²) in [5.41, 5.74) is 0.815. The molecule has 1 saturated heterocycles. The maximum Gasteiger partial charge on any atom is 0.416 e. The lowest BCUT2D eigenvalue weighted by Gasteiger charge is -2.35. The molecule has 35 heavy (non-hydrogen) atoms. The zero-order chi connectivity index (χ0) is 25.3. The molecule has 2 amide bonds. The van der Waals surface area contributed by atoms with Crippen molar-refractivity contribution in [2.45, 2.75) is 25.9 Å². The van der Waals surface area contributed by atoms with Gasteiger partial charge in [-0.1, -0.05) is 19.9 Å². The maximum atomic E-state index is 13.3. The van der Waals surface area contributed by atoms with Gasteiger partial charge in [0.05, 0.1) is 28.7 Å². The fourth-order valence-electron chi connectivity index (χ4n) is 4.16. The molecule has 0 radical (unpaired) electrons. The fourth-order valence-corrected chi connectivity index (χ4v) is 4.16. The molecule has 10 heteroatoms. The van der Waals surface area contributed by atoms with Crippen LogP contribution in [0.4, 0.5) is 17.6 Å². The number of carbonyl (C=O) groups excluding carboxylic acids is 2. The number of amides is 2. The number of piperazine rings is 1. The van der Waals surface area contributed by atoms with Crippen molar-refractivity contribution in [1.29, 1.82) is 0 Å². The number of alkyl halides is 3. The van der Waals surface area contributed by atoms with Gasteiger partial charge in [0.25, 0.3) is 11.8 Å². The fraction of sp³-hybridized carbons (Fsp3) is 0.320. The van der Waals surface area contributed by atoms with Crippen LogP contribution in [0.2, 0.25) is 0 Å². The van der Waals surface area contributed by atoms with Gasteiger partial charge >= 0.3 is 6.18 Å². The Kier molecular flexibility index (Phi) is 6.64. The Balaban J connectivity index is 1.48. The summed E-state index contributed by atoms with van der Waals surface area (Å²) in [6, 6.07) is 10.1. The van der Waals surface area contributed by atoms with Crippen molar-refractivity contribution in [3.63, 3.8) is 0 Å². The van der Waals surface area contributed by atoms with Crippen molar-refractivity contribution in [2.75, 3.05) is 26.2 Å². The molecule has 0 aliphatic carbocycles. The Morgan fingerprint density at radius 3 is 2.09 bits per heavy atom. The third-order valence-corrected chi connectivity index (χ3v) is 5.95. The van der Waals surface area contributed by atoms with E-state index in [1.165, 1.54) is 35.4 Å². The normalized spacial score (nSPS) is 14.5. The van der Waals surface area contributed by atoms with Crippen molar-refractivity contribution in [1.82, 2.24) is 19.6 Å². The van der Waals surface area contributed by atoms with Gasteiger partial charge in [-0.25, -0.2) is 9.07 Å². The smallest absolute Gasteiger partial charge is 0.335 e. The van der Waals surface area contributed by atoms with Gasteiger partial charge in [-0.3, -0.25) is 9.59 Å². The molecule has 0 bridgehead atoms. The Morgan fingerprint density at radius 2 is 1.51 bits per heavy atom. The Labute approximate surface area is 199 Å². The highest BCUT2D eigenvalue weighted by Gasteiger charge is 2.32. The summed E-state index contributed by atoms with van der Waals surface area (Å²) < 4.78 is 54.0. The van der Waals surface area contributed by atoms with Crippen molar-refractivity contribution >= 4 is 11.8 Å². The monoisotopic (exact) mass is 488 g/mol. The van der Waals surface area contributed by atoms with Gasteiger partial charge in [0.1, 0.15) is 5.82 Å². The first-order chi connectivity index (χ1) is 16.6. The molecule has 2 heterocycles.